The molecule has 0 aliphatic carbocycles. The second kappa shape index (κ2) is 5.36. The molecule has 2 heterocycles. The first-order chi connectivity index (χ1) is 8.03. The summed E-state index contributed by atoms with van der Waals surface area (Å²) < 4.78 is 27.3. The van der Waals surface area contributed by atoms with Gasteiger partial charge in [-0.1, -0.05) is 0 Å². The summed E-state index contributed by atoms with van der Waals surface area (Å²) >= 11 is 4.54. The molecule has 4 nitrogen and oxygen atoms in total. The van der Waals surface area contributed by atoms with Crippen LogP contribution in [0.5, 0.6) is 0 Å². The normalized spacial score (nSPS) is 21.9. The van der Waals surface area contributed by atoms with E-state index in [0.29, 0.717) is 8.68 Å². The summed E-state index contributed by atoms with van der Waals surface area (Å²) in [6.45, 7) is 1.71. The lowest BCUT2D eigenvalue weighted by atomic mass is 10.1. The van der Waals surface area contributed by atoms with Crippen LogP contribution in [0.2, 0.25) is 0 Å². The summed E-state index contributed by atoms with van der Waals surface area (Å²) in [6.07, 6.45) is 1.95. The Morgan fingerprint density at radius 1 is 1.59 bits per heavy atom. The minimum absolute atomic E-state index is 0.0581. The number of rotatable bonds is 3. The molecule has 0 amide bonds. The van der Waals surface area contributed by atoms with E-state index in [9.17, 15) is 8.42 Å². The maximum atomic E-state index is 12.4. The van der Waals surface area contributed by atoms with Crippen LogP contribution in [0.25, 0.3) is 0 Å². The highest BCUT2D eigenvalue weighted by Gasteiger charge is 2.31. The highest BCUT2D eigenvalue weighted by atomic mass is 79.9. The summed E-state index contributed by atoms with van der Waals surface area (Å²) in [4.78, 5) is 0. The highest BCUT2D eigenvalue weighted by Crippen LogP contribution is 2.31. The average molecular weight is 339 g/mol. The Kier molecular flexibility index (Phi) is 4.25. The number of piperidine rings is 1. The van der Waals surface area contributed by atoms with Gasteiger partial charge in [0.05, 0.1) is 0 Å². The summed E-state index contributed by atoms with van der Waals surface area (Å²) in [5.74, 6) is 0. The van der Waals surface area contributed by atoms with E-state index < -0.39 is 10.0 Å². The van der Waals surface area contributed by atoms with Crippen molar-refractivity contribution in [3.63, 3.8) is 0 Å². The van der Waals surface area contributed by atoms with Crippen LogP contribution < -0.4 is 5.32 Å². The molecular formula is C10H15BrN2O2S2. The fourth-order valence-electron chi connectivity index (χ4n) is 1.93. The van der Waals surface area contributed by atoms with E-state index in [0.717, 1.165) is 25.9 Å². The topological polar surface area (TPSA) is 49.4 Å². The Labute approximate surface area is 114 Å². The van der Waals surface area contributed by atoms with Gasteiger partial charge in [0, 0.05) is 24.1 Å². The summed E-state index contributed by atoms with van der Waals surface area (Å²) in [5.41, 5.74) is 0. The Hall–Kier alpha value is 0.0500. The maximum absolute atomic E-state index is 12.4. The largest absolute Gasteiger partial charge is 0.315 e. The molecule has 1 saturated heterocycles. The summed E-state index contributed by atoms with van der Waals surface area (Å²) in [6, 6.07) is 1.83. The highest BCUT2D eigenvalue weighted by molar-refractivity contribution is 9.10. The molecular weight excluding hydrogens is 324 g/mol. The molecule has 1 aromatic heterocycles. The van der Waals surface area contributed by atoms with Gasteiger partial charge < -0.3 is 5.32 Å². The molecule has 0 bridgehead atoms. The monoisotopic (exact) mass is 338 g/mol. The third-order valence-electron chi connectivity index (χ3n) is 2.98. The number of thiophene rings is 1. The van der Waals surface area contributed by atoms with E-state index >= 15 is 0 Å². The fourth-order valence-corrected chi connectivity index (χ4v) is 5.80. The van der Waals surface area contributed by atoms with Crippen molar-refractivity contribution in [2.75, 3.05) is 20.1 Å². The molecule has 7 heteroatoms. The molecule has 2 rings (SSSR count). The van der Waals surface area contributed by atoms with E-state index in [1.807, 2.05) is 0 Å². The molecule has 1 aromatic rings. The van der Waals surface area contributed by atoms with Gasteiger partial charge in [-0.15, -0.1) is 11.3 Å². The van der Waals surface area contributed by atoms with Crippen LogP contribution in [0.15, 0.2) is 20.1 Å². The fraction of sp³-hybridized carbons (Fsp3) is 0.600. The number of halogens is 1. The molecule has 17 heavy (non-hydrogen) atoms. The third-order valence-corrected chi connectivity index (χ3v) is 7.54. The van der Waals surface area contributed by atoms with Crippen LogP contribution in [-0.4, -0.2) is 38.9 Å². The van der Waals surface area contributed by atoms with Gasteiger partial charge in [0.2, 0.25) is 0 Å². The van der Waals surface area contributed by atoms with Gasteiger partial charge in [-0.25, -0.2) is 8.42 Å². The SMILES string of the molecule is CN(C1CCCNC1)S(=O)(=O)c1sccc1Br. The lowest BCUT2D eigenvalue weighted by Gasteiger charge is -2.30. The Bertz CT molecular complexity index is 480. The van der Waals surface area contributed by atoms with Crippen molar-refractivity contribution in [1.82, 2.24) is 9.62 Å². The number of likely N-dealkylation sites (N-methyl/N-ethyl adjacent to an activating group) is 1. The van der Waals surface area contributed by atoms with Gasteiger partial charge in [-0.3, -0.25) is 0 Å². The predicted molar refractivity (Wildman–Crippen MR) is 72.9 cm³/mol. The van der Waals surface area contributed by atoms with Crippen molar-refractivity contribution < 1.29 is 8.42 Å². The second-order valence-electron chi connectivity index (χ2n) is 4.08. The van der Waals surface area contributed by atoms with E-state index in [-0.39, 0.29) is 6.04 Å². The third kappa shape index (κ3) is 2.73. The van der Waals surface area contributed by atoms with Gasteiger partial charge in [0.25, 0.3) is 10.0 Å². The first kappa shape index (κ1) is 13.5. The molecule has 1 N–H and O–H groups in total. The molecule has 1 atom stereocenters. The quantitative estimate of drug-likeness (QED) is 0.915. The van der Waals surface area contributed by atoms with Gasteiger partial charge in [0.1, 0.15) is 4.21 Å². The first-order valence-corrected chi connectivity index (χ1v) is 8.56. The van der Waals surface area contributed by atoms with Crippen LogP contribution in [0.1, 0.15) is 12.8 Å². The Morgan fingerprint density at radius 2 is 2.35 bits per heavy atom. The van der Waals surface area contributed by atoms with Crippen LogP contribution in [0.3, 0.4) is 0 Å². The zero-order valence-corrected chi connectivity index (χ0v) is 12.7. The standard InChI is InChI=1S/C10H15BrN2O2S2/c1-13(8-3-2-5-12-7-8)17(14,15)10-9(11)4-6-16-10/h4,6,8,12H,2-3,5,7H2,1H3. The van der Waals surface area contributed by atoms with Crippen molar-refractivity contribution >= 4 is 37.3 Å². The molecule has 0 saturated carbocycles. The molecule has 0 spiro atoms. The molecule has 0 radical (unpaired) electrons. The van der Waals surface area contributed by atoms with Crippen LogP contribution in [0.4, 0.5) is 0 Å². The van der Waals surface area contributed by atoms with Gasteiger partial charge in [0.15, 0.2) is 0 Å². The van der Waals surface area contributed by atoms with E-state index in [4.69, 9.17) is 0 Å². The van der Waals surface area contributed by atoms with Crippen LogP contribution in [0, 0.1) is 0 Å². The molecule has 1 aliphatic heterocycles. The maximum Gasteiger partial charge on any atom is 0.253 e. The first-order valence-electron chi connectivity index (χ1n) is 5.45. The Balaban J connectivity index is 2.23. The van der Waals surface area contributed by atoms with Crippen molar-refractivity contribution in [3.05, 3.63) is 15.9 Å². The number of sulfonamides is 1. The molecule has 0 aromatic carbocycles. The zero-order chi connectivity index (χ0) is 12.5. The Morgan fingerprint density at radius 3 is 2.88 bits per heavy atom. The zero-order valence-electron chi connectivity index (χ0n) is 9.52. The molecule has 1 fully saturated rings. The number of nitrogens with zero attached hydrogens (tertiary/aromatic N) is 1. The summed E-state index contributed by atoms with van der Waals surface area (Å²) in [5, 5.41) is 5.01. The number of nitrogens with one attached hydrogen (secondary N) is 1. The van der Waals surface area contributed by atoms with Crippen molar-refractivity contribution in [1.29, 1.82) is 0 Å². The molecule has 1 aliphatic rings. The lowest BCUT2D eigenvalue weighted by molar-refractivity contribution is 0.300. The average Bonchev–Trinajstić information content (AvgIpc) is 2.76. The van der Waals surface area contributed by atoms with Gasteiger partial charge >= 0.3 is 0 Å². The van der Waals surface area contributed by atoms with Crippen molar-refractivity contribution in [3.8, 4) is 0 Å². The van der Waals surface area contributed by atoms with E-state index in [1.165, 1.54) is 15.6 Å². The second-order valence-corrected chi connectivity index (χ2v) is 8.04. The van der Waals surface area contributed by atoms with Gasteiger partial charge in [-0.05, 0) is 46.8 Å². The van der Waals surface area contributed by atoms with Crippen molar-refractivity contribution in [2.24, 2.45) is 0 Å². The van der Waals surface area contributed by atoms with E-state index in [1.54, 1.807) is 18.5 Å². The van der Waals surface area contributed by atoms with Crippen LogP contribution in [-0.2, 0) is 10.0 Å². The summed E-state index contributed by atoms with van der Waals surface area (Å²) in [7, 11) is -1.70. The minimum atomic E-state index is -3.36. The van der Waals surface area contributed by atoms with E-state index in [2.05, 4.69) is 21.2 Å². The molecule has 1 unspecified atom stereocenters. The van der Waals surface area contributed by atoms with Crippen LogP contribution >= 0.6 is 27.3 Å². The smallest absolute Gasteiger partial charge is 0.253 e. The number of hydrogen-bond acceptors (Lipinski definition) is 4. The minimum Gasteiger partial charge on any atom is -0.315 e. The van der Waals surface area contributed by atoms with Crippen molar-refractivity contribution in [2.45, 2.75) is 23.1 Å². The lowest BCUT2D eigenvalue weighted by Crippen LogP contribution is -2.46. The molecule has 96 valence electrons. The predicted octanol–water partition coefficient (Wildman–Crippen LogP) is 1.88. The van der Waals surface area contributed by atoms with Gasteiger partial charge in [-0.2, -0.15) is 4.31 Å². The number of hydrogen-bond donors (Lipinski definition) is 1.